The number of benzene rings is 2. The van der Waals surface area contributed by atoms with E-state index in [1.807, 2.05) is 35.0 Å². The van der Waals surface area contributed by atoms with Gasteiger partial charge >= 0.3 is 6.18 Å². The number of alkyl halides is 3. The van der Waals surface area contributed by atoms with E-state index in [0.29, 0.717) is 42.8 Å². The van der Waals surface area contributed by atoms with Crippen LogP contribution >= 0.6 is 11.3 Å². The fourth-order valence-electron chi connectivity index (χ4n) is 4.66. The lowest BCUT2D eigenvalue weighted by molar-refractivity contribution is -0.137. The molecule has 10 heteroatoms. The molecule has 4 heterocycles. The van der Waals surface area contributed by atoms with E-state index < -0.39 is 11.7 Å². The van der Waals surface area contributed by atoms with Gasteiger partial charge in [-0.05, 0) is 58.3 Å². The molecule has 6 rings (SSSR count). The molecule has 2 aromatic carbocycles. The van der Waals surface area contributed by atoms with Crippen LogP contribution in [-0.2, 0) is 6.18 Å². The smallest absolute Gasteiger partial charge is 0.368 e. The zero-order valence-corrected chi connectivity index (χ0v) is 19.2. The molecule has 1 aliphatic rings. The van der Waals surface area contributed by atoms with Crippen molar-refractivity contribution in [3.8, 4) is 22.5 Å². The molecule has 1 saturated heterocycles. The van der Waals surface area contributed by atoms with E-state index >= 15 is 0 Å². The number of fused-ring (bicyclic) bond motifs is 3. The summed E-state index contributed by atoms with van der Waals surface area (Å²) in [7, 11) is 0. The highest BCUT2D eigenvalue weighted by molar-refractivity contribution is 7.08. The summed E-state index contributed by atoms with van der Waals surface area (Å²) in [5.74, 6) is 0.288. The number of nitrogens with one attached hydrogen (secondary N) is 2. The van der Waals surface area contributed by atoms with Gasteiger partial charge in [-0.2, -0.15) is 24.5 Å². The van der Waals surface area contributed by atoms with Crippen LogP contribution in [-0.4, -0.2) is 40.5 Å². The first-order chi connectivity index (χ1) is 16.9. The average Bonchev–Trinajstić information content (AvgIpc) is 3.55. The third-order valence-corrected chi connectivity index (χ3v) is 7.04. The van der Waals surface area contributed by atoms with Crippen molar-refractivity contribution >= 4 is 33.6 Å². The second-order valence-corrected chi connectivity index (χ2v) is 9.25. The first kappa shape index (κ1) is 21.9. The second-order valence-electron chi connectivity index (χ2n) is 8.47. The number of aromatic amines is 1. The summed E-state index contributed by atoms with van der Waals surface area (Å²) < 4.78 is 44.1. The topological polar surface area (TPSA) is 65.4 Å². The summed E-state index contributed by atoms with van der Waals surface area (Å²) in [5, 5.41) is 7.16. The molecule has 6 nitrogen and oxygen atoms in total. The van der Waals surface area contributed by atoms with Crippen LogP contribution in [0, 0.1) is 0 Å². The fraction of sp³-hybridized carbons (Fsp3) is 0.200. The Morgan fingerprint density at radius 2 is 1.74 bits per heavy atom. The molecule has 3 aromatic heterocycles. The highest BCUT2D eigenvalue weighted by Gasteiger charge is 2.36. The number of imidazole rings is 1. The number of thiophene rings is 1. The molecule has 0 bridgehead atoms. The molecule has 2 N–H and O–H groups in total. The van der Waals surface area contributed by atoms with Gasteiger partial charge in [-0.3, -0.25) is 9.20 Å². The fourth-order valence-corrected chi connectivity index (χ4v) is 5.33. The third kappa shape index (κ3) is 3.78. The average molecular weight is 496 g/mol. The minimum atomic E-state index is -4.53. The van der Waals surface area contributed by atoms with Gasteiger partial charge in [0.1, 0.15) is 11.3 Å². The number of rotatable bonds is 3. The van der Waals surface area contributed by atoms with Gasteiger partial charge in [0.2, 0.25) is 0 Å². The predicted octanol–water partition coefficient (Wildman–Crippen LogP) is 5.00. The van der Waals surface area contributed by atoms with Gasteiger partial charge in [0, 0.05) is 37.4 Å². The van der Waals surface area contributed by atoms with Crippen LogP contribution in [0.4, 0.5) is 18.9 Å². The molecule has 5 aromatic rings. The highest BCUT2D eigenvalue weighted by atomic mass is 32.1. The first-order valence-electron chi connectivity index (χ1n) is 11.1. The van der Waals surface area contributed by atoms with Gasteiger partial charge in [-0.25, -0.2) is 4.98 Å². The number of piperazine rings is 1. The summed E-state index contributed by atoms with van der Waals surface area (Å²) in [6.07, 6.45) is -3.13. The minimum Gasteiger partial charge on any atom is -0.368 e. The molecule has 0 saturated carbocycles. The first-order valence-corrected chi connectivity index (χ1v) is 12.1. The van der Waals surface area contributed by atoms with Gasteiger partial charge in [0.15, 0.2) is 0 Å². The lowest BCUT2D eigenvalue weighted by Gasteiger charge is -2.31. The van der Waals surface area contributed by atoms with Gasteiger partial charge in [0.25, 0.3) is 5.56 Å². The maximum atomic E-state index is 14.1. The van der Waals surface area contributed by atoms with Crippen LogP contribution in [0.1, 0.15) is 5.56 Å². The van der Waals surface area contributed by atoms with Gasteiger partial charge in [-0.15, -0.1) is 0 Å². The molecule has 1 fully saturated rings. The number of hydrogen-bond donors (Lipinski definition) is 2. The predicted molar refractivity (Wildman–Crippen MR) is 132 cm³/mol. The number of nitrogens with zero attached hydrogens (tertiary/aromatic N) is 3. The molecular weight excluding hydrogens is 475 g/mol. The van der Waals surface area contributed by atoms with Crippen LogP contribution in [0.3, 0.4) is 0 Å². The van der Waals surface area contributed by atoms with E-state index in [0.717, 1.165) is 17.2 Å². The summed E-state index contributed by atoms with van der Waals surface area (Å²) in [6, 6.07) is 11.9. The van der Waals surface area contributed by atoms with Crippen LogP contribution in [0.15, 0.2) is 64.2 Å². The summed E-state index contributed by atoms with van der Waals surface area (Å²) >= 11 is 1.57. The monoisotopic (exact) mass is 495 g/mol. The molecule has 0 spiro atoms. The van der Waals surface area contributed by atoms with Crippen LogP contribution in [0.5, 0.6) is 0 Å². The van der Waals surface area contributed by atoms with Crippen LogP contribution in [0.25, 0.3) is 39.1 Å². The quantitative estimate of drug-likeness (QED) is 0.370. The Balaban J connectivity index is 1.57. The Bertz CT molecular complexity index is 1600. The molecule has 35 heavy (non-hydrogen) atoms. The van der Waals surface area contributed by atoms with Crippen LogP contribution < -0.4 is 15.8 Å². The maximum Gasteiger partial charge on any atom is 0.418 e. The standard InChI is InChI=1S/C25H20F3N5OS/c26-25(27,28)18-11-16(2-4-20(18)32-8-6-29-7-9-32)23-30-13-22-24(34)31-19-3-1-15(12-21(19)33(22)23)17-5-10-35-14-17/h1-5,10-14,29H,6-9H2,(H,31,34). The van der Waals surface area contributed by atoms with Crippen molar-refractivity contribution in [2.24, 2.45) is 0 Å². The molecule has 178 valence electrons. The maximum absolute atomic E-state index is 14.1. The largest absolute Gasteiger partial charge is 0.418 e. The zero-order valence-electron chi connectivity index (χ0n) is 18.4. The van der Waals surface area contributed by atoms with E-state index in [1.54, 1.807) is 26.7 Å². The SMILES string of the molecule is O=c1[nH]c2ccc(-c3ccsc3)cc2n2c(-c3ccc(N4CCNCC4)c(C(F)(F)F)c3)ncc12. The van der Waals surface area contributed by atoms with E-state index in [-0.39, 0.29) is 22.6 Å². The second kappa shape index (κ2) is 8.24. The summed E-state index contributed by atoms with van der Waals surface area (Å²) in [6.45, 7) is 2.26. The number of halogens is 3. The van der Waals surface area contributed by atoms with Gasteiger partial charge < -0.3 is 15.2 Å². The Labute approximate surface area is 201 Å². The molecular formula is C25H20F3N5OS. The summed E-state index contributed by atoms with van der Waals surface area (Å²) in [4.78, 5) is 21.7. The van der Waals surface area contributed by atoms with Gasteiger partial charge in [0.05, 0.1) is 22.8 Å². The Morgan fingerprint density at radius 1 is 0.943 bits per heavy atom. The molecule has 0 atom stereocenters. The van der Waals surface area contributed by atoms with Crippen molar-refractivity contribution in [2.45, 2.75) is 6.18 Å². The Morgan fingerprint density at radius 3 is 2.49 bits per heavy atom. The van der Waals surface area contributed by atoms with Crippen molar-refractivity contribution in [1.29, 1.82) is 0 Å². The zero-order chi connectivity index (χ0) is 24.2. The van der Waals surface area contributed by atoms with Crippen molar-refractivity contribution < 1.29 is 13.2 Å². The molecule has 1 aliphatic heterocycles. The number of aromatic nitrogens is 3. The molecule has 0 aliphatic carbocycles. The van der Waals surface area contributed by atoms with Crippen molar-refractivity contribution in [1.82, 2.24) is 19.7 Å². The Hall–Kier alpha value is -3.63. The van der Waals surface area contributed by atoms with E-state index in [2.05, 4.69) is 15.3 Å². The van der Waals surface area contributed by atoms with Crippen LogP contribution in [0.2, 0.25) is 0 Å². The molecule has 0 radical (unpaired) electrons. The van der Waals surface area contributed by atoms with Crippen molar-refractivity contribution in [3.63, 3.8) is 0 Å². The van der Waals surface area contributed by atoms with E-state index in [1.165, 1.54) is 12.3 Å². The lowest BCUT2D eigenvalue weighted by Crippen LogP contribution is -2.44. The lowest BCUT2D eigenvalue weighted by atomic mass is 10.1. The summed E-state index contributed by atoms with van der Waals surface area (Å²) in [5.41, 5.74) is 2.87. The van der Waals surface area contributed by atoms with Crippen molar-refractivity contribution in [2.75, 3.05) is 31.1 Å². The van der Waals surface area contributed by atoms with Gasteiger partial charge in [-0.1, -0.05) is 6.07 Å². The normalized spacial score (nSPS) is 14.8. The number of hydrogen-bond acceptors (Lipinski definition) is 5. The highest BCUT2D eigenvalue weighted by Crippen LogP contribution is 2.39. The van der Waals surface area contributed by atoms with Crippen molar-refractivity contribution in [3.05, 3.63) is 75.3 Å². The third-order valence-electron chi connectivity index (χ3n) is 6.35. The Kier molecular flexibility index (Phi) is 5.15. The van der Waals surface area contributed by atoms with E-state index in [9.17, 15) is 18.0 Å². The van der Waals surface area contributed by atoms with E-state index in [4.69, 9.17) is 0 Å². The number of anilines is 1. The number of H-pyrrole nitrogens is 1. The minimum absolute atomic E-state index is 0.158. The molecule has 0 unspecified atom stereocenters. The molecule has 0 amide bonds.